The molecule has 4 nitrogen and oxygen atoms in total. The van der Waals surface area contributed by atoms with Crippen LogP contribution in [0.3, 0.4) is 0 Å². The smallest absolute Gasteiger partial charge is 0.266 e. The zero-order valence-corrected chi connectivity index (χ0v) is 14.7. The Kier molecular flexibility index (Phi) is 7.06. The average molecular weight is 355 g/mol. The predicted molar refractivity (Wildman–Crippen MR) is 101 cm³/mol. The second kappa shape index (κ2) is 9.51. The van der Waals surface area contributed by atoms with Gasteiger partial charge in [0.1, 0.15) is 17.4 Å². The van der Waals surface area contributed by atoms with Gasteiger partial charge in [-0.15, -0.1) is 0 Å². The summed E-state index contributed by atoms with van der Waals surface area (Å²) in [6.07, 6.45) is 3.62. The van der Waals surface area contributed by atoms with Crippen LogP contribution in [0.25, 0.3) is 6.08 Å². The van der Waals surface area contributed by atoms with Crippen LogP contribution in [-0.4, -0.2) is 12.5 Å². The largest absolute Gasteiger partial charge is 0.494 e. The molecule has 0 aromatic heterocycles. The van der Waals surface area contributed by atoms with Crippen LogP contribution < -0.4 is 10.1 Å². The molecule has 0 spiro atoms. The Balaban J connectivity index is 2.06. The van der Waals surface area contributed by atoms with Gasteiger partial charge in [-0.05, 0) is 48.4 Å². The van der Waals surface area contributed by atoms with Crippen molar-refractivity contribution in [2.24, 2.45) is 0 Å². The quantitative estimate of drug-likeness (QED) is 0.429. The molecule has 5 heteroatoms. The van der Waals surface area contributed by atoms with Gasteiger partial charge in [-0.1, -0.05) is 43.1 Å². The van der Waals surface area contributed by atoms with Crippen LogP contribution in [0.2, 0.25) is 5.02 Å². The molecule has 0 saturated heterocycles. The molecule has 0 aliphatic heterocycles. The maximum Gasteiger partial charge on any atom is 0.266 e. The Labute approximate surface area is 152 Å². The molecule has 2 rings (SSSR count). The van der Waals surface area contributed by atoms with E-state index in [2.05, 4.69) is 12.2 Å². The third-order valence-electron chi connectivity index (χ3n) is 3.41. The molecule has 0 unspecified atom stereocenters. The predicted octanol–water partition coefficient (Wildman–Crippen LogP) is 5.06. The normalized spacial score (nSPS) is 10.8. The van der Waals surface area contributed by atoms with Crippen molar-refractivity contribution in [1.29, 1.82) is 5.26 Å². The van der Waals surface area contributed by atoms with Crippen LogP contribution in [0.5, 0.6) is 5.75 Å². The highest BCUT2D eigenvalue weighted by atomic mass is 35.5. The number of ether oxygens (including phenoxy) is 1. The van der Waals surface area contributed by atoms with E-state index in [4.69, 9.17) is 16.3 Å². The monoisotopic (exact) mass is 354 g/mol. The molecule has 0 aliphatic carbocycles. The molecule has 2 aromatic carbocycles. The number of rotatable bonds is 7. The summed E-state index contributed by atoms with van der Waals surface area (Å²) in [5, 5.41) is 12.4. The number of carbonyl (C=O) groups excluding carboxylic acids is 1. The summed E-state index contributed by atoms with van der Waals surface area (Å²) in [7, 11) is 0. The number of unbranched alkanes of at least 4 members (excludes halogenated alkanes) is 1. The summed E-state index contributed by atoms with van der Waals surface area (Å²) in [6.45, 7) is 2.78. The van der Waals surface area contributed by atoms with Gasteiger partial charge in [0.2, 0.25) is 0 Å². The Morgan fingerprint density at radius 1 is 1.28 bits per heavy atom. The lowest BCUT2D eigenvalue weighted by atomic mass is 10.1. The lowest BCUT2D eigenvalue weighted by molar-refractivity contribution is -0.112. The highest BCUT2D eigenvalue weighted by Gasteiger charge is 2.09. The van der Waals surface area contributed by atoms with E-state index in [1.54, 1.807) is 24.3 Å². The maximum absolute atomic E-state index is 12.2. The number of carbonyl (C=O) groups is 1. The van der Waals surface area contributed by atoms with Crippen molar-refractivity contribution < 1.29 is 9.53 Å². The molecular formula is C20H19ClN2O2. The van der Waals surface area contributed by atoms with Crippen LogP contribution in [-0.2, 0) is 4.79 Å². The number of amides is 1. The lowest BCUT2D eigenvalue weighted by Crippen LogP contribution is -2.13. The molecule has 25 heavy (non-hydrogen) atoms. The highest BCUT2D eigenvalue weighted by molar-refractivity contribution is 6.31. The van der Waals surface area contributed by atoms with Crippen molar-refractivity contribution in [1.82, 2.24) is 0 Å². The SMILES string of the molecule is CCCCOc1ccc(/C=C(\C#N)C(=O)Nc2cccc(Cl)c2)cc1. The summed E-state index contributed by atoms with van der Waals surface area (Å²) in [5.74, 6) is 0.292. The first kappa shape index (κ1) is 18.6. The van der Waals surface area contributed by atoms with Gasteiger partial charge in [-0.25, -0.2) is 0 Å². The molecule has 0 bridgehead atoms. The van der Waals surface area contributed by atoms with Gasteiger partial charge < -0.3 is 10.1 Å². The molecule has 128 valence electrons. The highest BCUT2D eigenvalue weighted by Crippen LogP contribution is 2.18. The minimum absolute atomic E-state index is 0.0135. The van der Waals surface area contributed by atoms with E-state index in [1.807, 2.05) is 30.3 Å². The zero-order valence-electron chi connectivity index (χ0n) is 14.0. The molecule has 0 heterocycles. The summed E-state index contributed by atoms with van der Waals surface area (Å²) < 4.78 is 5.59. The summed E-state index contributed by atoms with van der Waals surface area (Å²) in [6, 6.07) is 16.0. The summed E-state index contributed by atoms with van der Waals surface area (Å²) in [5.41, 5.74) is 1.30. The molecule has 0 fully saturated rings. The van der Waals surface area contributed by atoms with Crippen LogP contribution in [0.1, 0.15) is 25.3 Å². The van der Waals surface area contributed by atoms with Gasteiger partial charge in [0.25, 0.3) is 5.91 Å². The van der Waals surface area contributed by atoms with Gasteiger partial charge >= 0.3 is 0 Å². The second-order valence-corrected chi connectivity index (χ2v) is 5.84. The fourth-order valence-corrected chi connectivity index (χ4v) is 2.26. The number of nitriles is 1. The first-order valence-corrected chi connectivity index (χ1v) is 8.41. The van der Waals surface area contributed by atoms with Crippen LogP contribution in [0.15, 0.2) is 54.1 Å². The van der Waals surface area contributed by atoms with E-state index in [9.17, 15) is 10.1 Å². The molecule has 0 radical (unpaired) electrons. The summed E-state index contributed by atoms with van der Waals surface area (Å²) in [4.78, 5) is 12.2. The Bertz CT molecular complexity index is 792. The van der Waals surface area contributed by atoms with Gasteiger partial charge in [0, 0.05) is 10.7 Å². The van der Waals surface area contributed by atoms with Gasteiger partial charge in [0.05, 0.1) is 6.61 Å². The number of halogens is 1. The minimum atomic E-state index is -0.479. The standard InChI is InChI=1S/C20H19ClN2O2/c1-2-3-11-25-19-9-7-15(8-10-19)12-16(14-22)20(24)23-18-6-4-5-17(21)13-18/h4-10,12-13H,2-3,11H2,1H3,(H,23,24)/b16-12+. The zero-order chi connectivity index (χ0) is 18.1. The minimum Gasteiger partial charge on any atom is -0.494 e. The van der Waals surface area contributed by atoms with E-state index >= 15 is 0 Å². The van der Waals surface area contributed by atoms with E-state index in [0.29, 0.717) is 17.3 Å². The number of nitrogens with zero attached hydrogens (tertiary/aromatic N) is 1. The van der Waals surface area contributed by atoms with Gasteiger partial charge in [-0.2, -0.15) is 5.26 Å². The molecule has 2 aromatic rings. The lowest BCUT2D eigenvalue weighted by Gasteiger charge is -2.06. The fourth-order valence-electron chi connectivity index (χ4n) is 2.07. The molecular weight excluding hydrogens is 336 g/mol. The number of nitrogens with one attached hydrogen (secondary N) is 1. The van der Waals surface area contributed by atoms with Crippen molar-refractivity contribution in [2.75, 3.05) is 11.9 Å². The van der Waals surface area contributed by atoms with Crippen molar-refractivity contribution in [3.8, 4) is 11.8 Å². The molecule has 1 amide bonds. The van der Waals surface area contributed by atoms with Crippen LogP contribution >= 0.6 is 11.6 Å². The van der Waals surface area contributed by atoms with E-state index in [0.717, 1.165) is 24.2 Å². The molecule has 0 atom stereocenters. The van der Waals surface area contributed by atoms with Crippen LogP contribution in [0, 0.1) is 11.3 Å². The first-order valence-electron chi connectivity index (χ1n) is 8.04. The van der Waals surface area contributed by atoms with E-state index < -0.39 is 5.91 Å². The van der Waals surface area contributed by atoms with E-state index in [1.165, 1.54) is 6.08 Å². The maximum atomic E-state index is 12.2. The Morgan fingerprint density at radius 3 is 2.68 bits per heavy atom. The van der Waals surface area contributed by atoms with E-state index in [-0.39, 0.29) is 5.57 Å². The summed E-state index contributed by atoms with van der Waals surface area (Å²) >= 11 is 5.89. The van der Waals surface area contributed by atoms with Crippen molar-refractivity contribution in [3.63, 3.8) is 0 Å². The Hall–Kier alpha value is -2.77. The van der Waals surface area contributed by atoms with Crippen molar-refractivity contribution in [3.05, 3.63) is 64.7 Å². The number of anilines is 1. The number of benzene rings is 2. The fraction of sp³-hybridized carbons (Fsp3) is 0.200. The van der Waals surface area contributed by atoms with Crippen molar-refractivity contribution >= 4 is 29.3 Å². The second-order valence-electron chi connectivity index (χ2n) is 5.41. The number of hydrogen-bond donors (Lipinski definition) is 1. The first-order chi connectivity index (χ1) is 12.1. The third-order valence-corrected chi connectivity index (χ3v) is 3.64. The third kappa shape index (κ3) is 5.98. The van der Waals surface area contributed by atoms with Gasteiger partial charge in [-0.3, -0.25) is 4.79 Å². The molecule has 0 aliphatic rings. The molecule has 0 saturated carbocycles. The topological polar surface area (TPSA) is 62.1 Å². The number of hydrogen-bond acceptors (Lipinski definition) is 3. The Morgan fingerprint density at radius 2 is 2.04 bits per heavy atom. The van der Waals surface area contributed by atoms with Crippen LogP contribution in [0.4, 0.5) is 5.69 Å². The average Bonchev–Trinajstić information content (AvgIpc) is 2.61. The van der Waals surface area contributed by atoms with Gasteiger partial charge in [0.15, 0.2) is 0 Å². The van der Waals surface area contributed by atoms with Crippen molar-refractivity contribution in [2.45, 2.75) is 19.8 Å². The molecule has 1 N–H and O–H groups in total.